The van der Waals surface area contributed by atoms with Crippen LogP contribution in [0.25, 0.3) is 22.3 Å². The molecule has 4 aliphatic heterocycles. The maximum atomic E-state index is 14.2. The van der Waals surface area contributed by atoms with Gasteiger partial charge in [0.15, 0.2) is 42.2 Å². The van der Waals surface area contributed by atoms with Gasteiger partial charge in [-0.05, 0) is 18.2 Å². The lowest BCUT2D eigenvalue weighted by molar-refractivity contribution is -0.404. The summed E-state index contributed by atoms with van der Waals surface area (Å²) in [6, 6.07) is 4.82. The molecule has 2 aromatic carbocycles. The van der Waals surface area contributed by atoms with E-state index in [2.05, 4.69) is 0 Å². The predicted molar refractivity (Wildman–Crippen MR) is 207 cm³/mol. The van der Waals surface area contributed by atoms with Gasteiger partial charge >= 0.3 is 0 Å². The zero-order valence-corrected chi connectivity index (χ0v) is 33.9. The molecule has 20 atom stereocenters. The largest absolute Gasteiger partial charge is 0.508 e. The molecule has 0 saturated carbocycles. The Bertz CT molecular complexity index is 2190. The Kier molecular flexibility index (Phi) is 15.2. The second-order valence-electron chi connectivity index (χ2n) is 15.9. The standard InChI is InChI=1S/C39H50O27/c40-6-16-21(48)26(53)30(57)36(59-16)64-33-27(54)22(49)18(8-42)61-38(33)66-35-29(56)24(51)19(9-43)62-39(35)65-34-28(55)23(50)17(7-41)60-37(34)63-32-25(52)20-14(47)4-11(44)5-15(20)58-31(32)10-1-2-12(45)13(46)3-10/h1-5,16-19,21-24,26-30,33-51,53-57H,6-9H2/t16-,17-,18-,19-,21-,22-,23-,24-,26+,27+,28+,29+,30-,33-,34-,35-,36+,37+,38+,39+/m1/s1. The highest BCUT2D eigenvalue weighted by Gasteiger charge is 2.56. The molecular weight excluding hydrogens is 900 g/mol. The van der Waals surface area contributed by atoms with Crippen molar-refractivity contribution < 1.29 is 129 Å². The molecule has 4 aliphatic rings. The lowest BCUT2D eigenvalue weighted by Crippen LogP contribution is -2.68. The number of fused-ring (bicyclic) bond motifs is 1. The highest BCUT2D eigenvalue weighted by Crippen LogP contribution is 2.41. The molecule has 0 aliphatic carbocycles. The van der Waals surface area contributed by atoms with Crippen molar-refractivity contribution in [2.75, 3.05) is 26.4 Å². The average Bonchev–Trinajstić information content (AvgIpc) is 3.29. The third-order valence-corrected chi connectivity index (χ3v) is 11.6. The van der Waals surface area contributed by atoms with Crippen molar-refractivity contribution in [2.24, 2.45) is 0 Å². The Morgan fingerprint density at radius 2 is 0.909 bits per heavy atom. The van der Waals surface area contributed by atoms with E-state index in [1.807, 2.05) is 0 Å². The van der Waals surface area contributed by atoms with Gasteiger partial charge < -0.3 is 129 Å². The highest BCUT2D eigenvalue weighted by molar-refractivity contribution is 5.88. The van der Waals surface area contributed by atoms with Gasteiger partial charge in [-0.2, -0.15) is 0 Å². The van der Waals surface area contributed by atoms with Gasteiger partial charge in [-0.1, -0.05) is 0 Å². The van der Waals surface area contributed by atoms with E-state index in [1.54, 1.807) is 0 Å². The molecule has 0 unspecified atom stereocenters. The van der Waals surface area contributed by atoms with Crippen LogP contribution in [-0.2, 0) is 33.2 Å². The fraction of sp³-hybridized carbons (Fsp3) is 0.615. The minimum atomic E-state index is -2.22. The molecule has 27 nitrogen and oxygen atoms in total. The molecule has 66 heavy (non-hydrogen) atoms. The molecule has 4 fully saturated rings. The van der Waals surface area contributed by atoms with Crippen molar-refractivity contribution in [3.63, 3.8) is 0 Å². The normalized spacial score (nSPS) is 39.8. The number of hydrogen-bond acceptors (Lipinski definition) is 27. The Morgan fingerprint density at radius 3 is 1.39 bits per heavy atom. The summed E-state index contributed by atoms with van der Waals surface area (Å²) in [4.78, 5) is 14.2. The van der Waals surface area contributed by atoms with E-state index in [1.165, 1.54) is 0 Å². The Hall–Kier alpha value is -4.15. The van der Waals surface area contributed by atoms with E-state index in [0.29, 0.717) is 0 Å². The first-order valence-corrected chi connectivity index (χ1v) is 20.2. The van der Waals surface area contributed by atoms with Crippen LogP contribution in [0, 0.1) is 0 Å². The minimum Gasteiger partial charge on any atom is -0.508 e. The van der Waals surface area contributed by atoms with E-state index >= 15 is 0 Å². The van der Waals surface area contributed by atoms with Crippen LogP contribution in [0.2, 0.25) is 0 Å². The van der Waals surface area contributed by atoms with Gasteiger partial charge in [-0.15, -0.1) is 0 Å². The number of hydrogen-bond donors (Lipinski definition) is 17. The third kappa shape index (κ3) is 9.36. The van der Waals surface area contributed by atoms with Crippen LogP contribution in [0.1, 0.15) is 0 Å². The molecule has 27 heteroatoms. The van der Waals surface area contributed by atoms with Gasteiger partial charge in [0.2, 0.25) is 17.5 Å². The maximum Gasteiger partial charge on any atom is 0.239 e. The molecule has 7 rings (SSSR count). The highest BCUT2D eigenvalue weighted by atomic mass is 16.8. The number of ether oxygens (including phenoxy) is 8. The zero-order chi connectivity index (χ0) is 48.0. The molecule has 4 saturated heterocycles. The van der Waals surface area contributed by atoms with Crippen LogP contribution in [0.5, 0.6) is 28.7 Å². The van der Waals surface area contributed by atoms with E-state index in [9.17, 15) is 91.6 Å². The number of rotatable bonds is 13. The predicted octanol–water partition coefficient (Wildman–Crippen LogP) is -7.07. The Labute approximate surface area is 369 Å². The second-order valence-corrected chi connectivity index (χ2v) is 15.9. The minimum absolute atomic E-state index is 0.178. The maximum absolute atomic E-state index is 14.2. The fourth-order valence-corrected chi connectivity index (χ4v) is 7.91. The number of phenolic OH excluding ortho intramolecular Hbond substituents is 4. The number of aromatic hydroxyl groups is 4. The Balaban J connectivity index is 1.27. The molecule has 0 spiro atoms. The van der Waals surface area contributed by atoms with Gasteiger partial charge in [-0.3, -0.25) is 4.79 Å². The molecule has 0 bridgehead atoms. The first-order valence-electron chi connectivity index (χ1n) is 20.2. The number of phenols is 4. The topological polar surface area (TPSA) is 448 Å². The van der Waals surface area contributed by atoms with Crippen LogP contribution in [0.3, 0.4) is 0 Å². The average molecular weight is 951 g/mol. The summed E-state index contributed by atoms with van der Waals surface area (Å²) in [7, 11) is 0. The van der Waals surface area contributed by atoms with Crippen molar-refractivity contribution in [3.05, 3.63) is 40.6 Å². The van der Waals surface area contributed by atoms with Crippen LogP contribution >= 0.6 is 0 Å². The summed E-state index contributed by atoms with van der Waals surface area (Å²) in [5.74, 6) is -4.13. The van der Waals surface area contributed by atoms with Gasteiger partial charge in [-0.25, -0.2) is 0 Å². The van der Waals surface area contributed by atoms with Gasteiger partial charge in [0.1, 0.15) is 114 Å². The van der Waals surface area contributed by atoms with Crippen molar-refractivity contribution in [1.82, 2.24) is 0 Å². The molecule has 17 N–H and O–H groups in total. The molecule has 0 radical (unpaired) electrons. The van der Waals surface area contributed by atoms with Crippen molar-refractivity contribution >= 4 is 11.0 Å². The lowest BCUT2D eigenvalue weighted by atomic mass is 9.96. The number of aliphatic hydroxyl groups is 13. The first-order chi connectivity index (χ1) is 31.3. The van der Waals surface area contributed by atoms with E-state index in [0.717, 1.165) is 30.3 Å². The summed E-state index contributed by atoms with van der Waals surface area (Å²) in [5.41, 5.74) is -1.79. The van der Waals surface area contributed by atoms with Gasteiger partial charge in [0.25, 0.3) is 0 Å². The van der Waals surface area contributed by atoms with Crippen LogP contribution in [0.15, 0.2) is 39.5 Å². The molecule has 5 heterocycles. The van der Waals surface area contributed by atoms with Crippen molar-refractivity contribution in [2.45, 2.75) is 123 Å². The lowest BCUT2D eigenvalue weighted by Gasteiger charge is -2.49. The smallest absolute Gasteiger partial charge is 0.239 e. The van der Waals surface area contributed by atoms with Crippen LogP contribution in [-0.4, -0.2) is 236 Å². The van der Waals surface area contributed by atoms with E-state index in [-0.39, 0.29) is 5.56 Å². The second kappa shape index (κ2) is 20.2. The van der Waals surface area contributed by atoms with Crippen molar-refractivity contribution in [3.8, 4) is 40.1 Å². The van der Waals surface area contributed by atoms with Crippen LogP contribution < -0.4 is 10.2 Å². The van der Waals surface area contributed by atoms with Gasteiger partial charge in [0, 0.05) is 17.7 Å². The summed E-state index contributed by atoms with van der Waals surface area (Å²) in [5, 5.41) is 179. The van der Waals surface area contributed by atoms with E-state index in [4.69, 9.17) is 42.3 Å². The fourth-order valence-electron chi connectivity index (χ4n) is 7.91. The quantitative estimate of drug-likeness (QED) is 0.0708. The zero-order valence-electron chi connectivity index (χ0n) is 33.9. The SMILES string of the molecule is O=c1c(O[C@@H]2O[C@H](CO)[C@@H](O)[C@H](O)[C@H]2O[C@@H]2O[C@H](CO)[C@@H](O)[C@H](O)[C@H]2O[C@@H]2O[C@H](CO)[C@@H](O)[C@H](O)[C@H]2O[C@@H]2O[C@H](CO)[C@@H](O)[C@H](O)[C@H]2O)c(-c2ccc(O)c(O)c2)oc2cc(O)cc(O)c12. The molecular formula is C39H50O27. The first kappa shape index (κ1) is 49.7. The van der Waals surface area contributed by atoms with E-state index < -0.39 is 200 Å². The Morgan fingerprint density at radius 1 is 0.470 bits per heavy atom. The summed E-state index contributed by atoms with van der Waals surface area (Å²) < 4.78 is 52.0. The number of benzene rings is 2. The molecule has 1 aromatic heterocycles. The third-order valence-electron chi connectivity index (χ3n) is 11.6. The summed E-state index contributed by atoms with van der Waals surface area (Å²) in [6.07, 6.45) is -40.1. The van der Waals surface area contributed by atoms with Crippen molar-refractivity contribution in [1.29, 1.82) is 0 Å². The monoisotopic (exact) mass is 950 g/mol. The molecule has 0 amide bonds. The summed E-state index contributed by atoms with van der Waals surface area (Å²) >= 11 is 0. The number of aliphatic hydroxyl groups excluding tert-OH is 13. The van der Waals surface area contributed by atoms with Gasteiger partial charge in [0.05, 0.1) is 26.4 Å². The molecule has 368 valence electrons. The summed E-state index contributed by atoms with van der Waals surface area (Å²) in [6.45, 7) is -3.93. The molecule has 3 aromatic rings. The van der Waals surface area contributed by atoms with Crippen LogP contribution in [0.4, 0.5) is 0 Å².